The zero-order chi connectivity index (χ0) is 14.1. The van der Waals surface area contributed by atoms with Gasteiger partial charge in [-0.2, -0.15) is 0 Å². The third-order valence-electron chi connectivity index (χ3n) is 4.78. The minimum Gasteiger partial charge on any atom is -0.480 e. The van der Waals surface area contributed by atoms with Gasteiger partial charge in [-0.05, 0) is 48.6 Å². The molecule has 4 heteroatoms. The highest BCUT2D eigenvalue weighted by molar-refractivity contribution is 7.98. The molecule has 1 saturated heterocycles. The maximum absolute atomic E-state index is 11.6. The first-order chi connectivity index (χ1) is 9.69. The Kier molecular flexibility index (Phi) is 4.03. The van der Waals surface area contributed by atoms with Crippen molar-refractivity contribution < 1.29 is 9.90 Å². The number of aliphatic carboxylic acids is 1. The van der Waals surface area contributed by atoms with Gasteiger partial charge in [-0.1, -0.05) is 18.6 Å². The summed E-state index contributed by atoms with van der Waals surface area (Å²) in [6.07, 6.45) is 5.56. The van der Waals surface area contributed by atoms with Crippen molar-refractivity contribution in [3.8, 4) is 0 Å². The number of hydrogen-bond acceptors (Lipinski definition) is 3. The molecule has 108 valence electrons. The molecule has 20 heavy (non-hydrogen) atoms. The lowest BCUT2D eigenvalue weighted by molar-refractivity contribution is -0.143. The summed E-state index contributed by atoms with van der Waals surface area (Å²) in [5.41, 5.74) is 1.22. The fourth-order valence-corrected chi connectivity index (χ4v) is 4.27. The monoisotopic (exact) mass is 291 g/mol. The Hall–Kier alpha value is -1.00. The van der Waals surface area contributed by atoms with Crippen molar-refractivity contribution in [1.82, 2.24) is 4.90 Å². The standard InChI is InChI=1S/C16H21NO2S/c1-20-13-7-5-11(6-8-13)9-17-10-12-3-2-4-14(12)15(17)16(18)19/h5-8,12,14-15H,2-4,9-10H2,1H3,(H,18,19). The summed E-state index contributed by atoms with van der Waals surface area (Å²) in [6, 6.07) is 8.21. The highest BCUT2D eigenvalue weighted by Gasteiger charge is 2.47. The van der Waals surface area contributed by atoms with Crippen LogP contribution in [0.5, 0.6) is 0 Å². The van der Waals surface area contributed by atoms with E-state index in [9.17, 15) is 9.90 Å². The Morgan fingerprint density at radius 1 is 1.35 bits per heavy atom. The smallest absolute Gasteiger partial charge is 0.321 e. The van der Waals surface area contributed by atoms with Gasteiger partial charge >= 0.3 is 5.97 Å². The Morgan fingerprint density at radius 3 is 2.75 bits per heavy atom. The van der Waals surface area contributed by atoms with Crippen LogP contribution in [0.3, 0.4) is 0 Å². The van der Waals surface area contributed by atoms with E-state index in [0.29, 0.717) is 11.8 Å². The number of benzene rings is 1. The summed E-state index contributed by atoms with van der Waals surface area (Å²) >= 11 is 1.73. The maximum Gasteiger partial charge on any atom is 0.321 e. The molecule has 0 spiro atoms. The third kappa shape index (κ3) is 2.59. The Labute approximate surface area is 124 Å². The van der Waals surface area contributed by atoms with E-state index in [1.807, 2.05) is 0 Å². The molecule has 0 aromatic heterocycles. The fourth-order valence-electron chi connectivity index (χ4n) is 3.86. The van der Waals surface area contributed by atoms with E-state index in [4.69, 9.17) is 0 Å². The molecular formula is C16H21NO2S. The molecule has 1 heterocycles. The third-order valence-corrected chi connectivity index (χ3v) is 5.53. The van der Waals surface area contributed by atoms with Crippen LogP contribution in [0.15, 0.2) is 29.2 Å². The minimum absolute atomic E-state index is 0.275. The van der Waals surface area contributed by atoms with Crippen LogP contribution >= 0.6 is 11.8 Å². The highest BCUT2D eigenvalue weighted by atomic mass is 32.2. The second kappa shape index (κ2) is 5.78. The van der Waals surface area contributed by atoms with Crippen LogP contribution in [0.25, 0.3) is 0 Å². The quantitative estimate of drug-likeness (QED) is 0.866. The molecule has 3 nitrogen and oxygen atoms in total. The van der Waals surface area contributed by atoms with Crippen molar-refractivity contribution in [2.75, 3.05) is 12.8 Å². The molecule has 2 aliphatic rings. The summed E-state index contributed by atoms with van der Waals surface area (Å²) in [4.78, 5) is 15.0. The average molecular weight is 291 g/mol. The Balaban J connectivity index is 1.73. The van der Waals surface area contributed by atoms with Gasteiger partial charge in [0.15, 0.2) is 0 Å². The fraction of sp³-hybridized carbons (Fsp3) is 0.562. The van der Waals surface area contributed by atoms with E-state index in [2.05, 4.69) is 35.4 Å². The van der Waals surface area contributed by atoms with Crippen LogP contribution in [0.1, 0.15) is 24.8 Å². The van der Waals surface area contributed by atoms with Gasteiger partial charge in [0.25, 0.3) is 0 Å². The van der Waals surface area contributed by atoms with Crippen molar-refractivity contribution in [3.05, 3.63) is 29.8 Å². The molecule has 1 aliphatic carbocycles. The summed E-state index contributed by atoms with van der Waals surface area (Å²) < 4.78 is 0. The van der Waals surface area contributed by atoms with Gasteiger partial charge in [-0.15, -0.1) is 11.8 Å². The molecule has 0 bridgehead atoms. The number of nitrogens with zero attached hydrogens (tertiary/aromatic N) is 1. The lowest BCUT2D eigenvalue weighted by atomic mass is 9.94. The summed E-state index contributed by atoms with van der Waals surface area (Å²) in [5, 5.41) is 9.55. The van der Waals surface area contributed by atoms with Crippen LogP contribution in [-0.4, -0.2) is 34.8 Å². The predicted octanol–water partition coefficient (Wildman–Crippen LogP) is 3.09. The molecule has 1 aliphatic heterocycles. The van der Waals surface area contributed by atoms with Gasteiger partial charge in [-0.3, -0.25) is 9.69 Å². The number of carbonyl (C=O) groups is 1. The molecule has 0 radical (unpaired) electrons. The van der Waals surface area contributed by atoms with Gasteiger partial charge < -0.3 is 5.11 Å². The van der Waals surface area contributed by atoms with Gasteiger partial charge in [0.2, 0.25) is 0 Å². The number of carboxylic acids is 1. The zero-order valence-electron chi connectivity index (χ0n) is 11.8. The first kappa shape index (κ1) is 14.0. The van der Waals surface area contributed by atoms with Crippen LogP contribution in [0.4, 0.5) is 0 Å². The van der Waals surface area contributed by atoms with Crippen LogP contribution in [-0.2, 0) is 11.3 Å². The normalized spacial score (nSPS) is 29.6. The molecule has 1 aromatic carbocycles. The predicted molar refractivity (Wildman–Crippen MR) is 80.9 cm³/mol. The molecular weight excluding hydrogens is 270 g/mol. The van der Waals surface area contributed by atoms with Crippen molar-refractivity contribution in [3.63, 3.8) is 0 Å². The maximum atomic E-state index is 11.6. The van der Waals surface area contributed by atoms with Crippen molar-refractivity contribution in [2.45, 2.75) is 36.7 Å². The molecule has 3 atom stereocenters. The van der Waals surface area contributed by atoms with Gasteiger partial charge in [-0.25, -0.2) is 0 Å². The highest BCUT2D eigenvalue weighted by Crippen LogP contribution is 2.42. The van der Waals surface area contributed by atoms with E-state index in [1.54, 1.807) is 11.8 Å². The number of thioether (sulfide) groups is 1. The van der Waals surface area contributed by atoms with Crippen molar-refractivity contribution in [1.29, 1.82) is 0 Å². The van der Waals surface area contributed by atoms with Gasteiger partial charge in [0, 0.05) is 18.0 Å². The second-order valence-electron chi connectivity index (χ2n) is 5.92. The number of rotatable bonds is 4. The number of hydrogen-bond donors (Lipinski definition) is 1. The summed E-state index contributed by atoms with van der Waals surface area (Å²) in [7, 11) is 0. The average Bonchev–Trinajstić information content (AvgIpc) is 2.99. The molecule has 1 aromatic rings. The molecule has 0 amide bonds. The number of fused-ring (bicyclic) bond motifs is 1. The molecule has 3 unspecified atom stereocenters. The summed E-state index contributed by atoms with van der Waals surface area (Å²) in [6.45, 7) is 1.71. The largest absolute Gasteiger partial charge is 0.480 e. The van der Waals surface area contributed by atoms with Crippen LogP contribution in [0.2, 0.25) is 0 Å². The molecule has 1 N–H and O–H groups in total. The van der Waals surface area contributed by atoms with Crippen LogP contribution < -0.4 is 0 Å². The number of carboxylic acid groups (broad SMARTS) is 1. The zero-order valence-corrected chi connectivity index (χ0v) is 12.6. The van der Waals surface area contributed by atoms with E-state index in [-0.39, 0.29) is 6.04 Å². The summed E-state index contributed by atoms with van der Waals surface area (Å²) in [5.74, 6) is 0.333. The first-order valence-electron chi connectivity index (χ1n) is 7.29. The lowest BCUT2D eigenvalue weighted by Gasteiger charge is -2.24. The van der Waals surface area contributed by atoms with E-state index in [1.165, 1.54) is 23.3 Å². The minimum atomic E-state index is -0.639. The van der Waals surface area contributed by atoms with Crippen molar-refractivity contribution in [2.24, 2.45) is 11.8 Å². The topological polar surface area (TPSA) is 40.5 Å². The number of likely N-dealkylation sites (tertiary alicyclic amines) is 1. The van der Waals surface area contributed by atoms with Crippen LogP contribution in [0, 0.1) is 11.8 Å². The second-order valence-corrected chi connectivity index (χ2v) is 6.80. The van der Waals surface area contributed by atoms with E-state index >= 15 is 0 Å². The first-order valence-corrected chi connectivity index (χ1v) is 8.51. The lowest BCUT2D eigenvalue weighted by Crippen LogP contribution is -2.39. The molecule has 2 fully saturated rings. The van der Waals surface area contributed by atoms with Gasteiger partial charge in [0.05, 0.1) is 0 Å². The Morgan fingerprint density at radius 2 is 2.10 bits per heavy atom. The Bertz CT molecular complexity index is 488. The van der Waals surface area contributed by atoms with Crippen molar-refractivity contribution >= 4 is 17.7 Å². The van der Waals surface area contributed by atoms with Gasteiger partial charge in [0.1, 0.15) is 6.04 Å². The van der Waals surface area contributed by atoms with E-state index in [0.717, 1.165) is 19.5 Å². The molecule has 1 saturated carbocycles. The SMILES string of the molecule is CSc1ccc(CN2CC3CCCC3C2C(=O)O)cc1. The molecule has 3 rings (SSSR count). The van der Waals surface area contributed by atoms with E-state index < -0.39 is 5.97 Å².